The van der Waals surface area contributed by atoms with E-state index in [-0.39, 0.29) is 16.3 Å². The normalized spacial score (nSPS) is 11.8. The Hall–Kier alpha value is -2.84. The average Bonchev–Trinajstić information content (AvgIpc) is 3.08. The molecule has 1 N–H and O–H groups in total. The first-order valence-electron chi connectivity index (χ1n) is 8.85. The molecule has 0 bridgehead atoms. The zero-order valence-electron chi connectivity index (χ0n) is 16.5. The summed E-state index contributed by atoms with van der Waals surface area (Å²) < 4.78 is 29.4. The molecule has 0 spiro atoms. The summed E-state index contributed by atoms with van der Waals surface area (Å²) in [5.41, 5.74) is 0.620. The van der Waals surface area contributed by atoms with Gasteiger partial charge in [0.05, 0.1) is 38.8 Å². The van der Waals surface area contributed by atoms with Gasteiger partial charge < -0.3 is 19.5 Å². The average molecular weight is 452 g/mol. The Bertz CT molecular complexity index is 1100. The van der Waals surface area contributed by atoms with E-state index < -0.39 is 23.7 Å². The van der Waals surface area contributed by atoms with Crippen LogP contribution in [0, 0.1) is 5.82 Å². The predicted octanol–water partition coefficient (Wildman–Crippen LogP) is 4.75. The van der Waals surface area contributed by atoms with E-state index in [1.807, 2.05) is 0 Å². The second kappa shape index (κ2) is 9.32. The molecule has 3 rings (SSSR count). The third kappa shape index (κ3) is 4.49. The topological polar surface area (TPSA) is 73.9 Å². The SMILES string of the molecule is COC(=O)CC(NC(=O)c1sc2cc(F)ccc2c1Cl)c1ccc(OC)c(OC)c1. The molecule has 0 radical (unpaired) electrons. The molecule has 1 atom stereocenters. The fourth-order valence-electron chi connectivity index (χ4n) is 2.98. The Balaban J connectivity index is 1.95. The third-order valence-electron chi connectivity index (χ3n) is 4.51. The second-order valence-corrected chi connectivity index (χ2v) is 7.74. The van der Waals surface area contributed by atoms with Crippen LogP contribution in [-0.2, 0) is 9.53 Å². The summed E-state index contributed by atoms with van der Waals surface area (Å²) in [6.45, 7) is 0. The van der Waals surface area contributed by atoms with Crippen molar-refractivity contribution in [3.05, 3.63) is 57.7 Å². The van der Waals surface area contributed by atoms with Crippen molar-refractivity contribution in [3.63, 3.8) is 0 Å². The number of nitrogens with one attached hydrogen (secondary N) is 1. The van der Waals surface area contributed by atoms with E-state index in [1.165, 1.54) is 39.5 Å². The number of ether oxygens (including phenoxy) is 3. The molecule has 2 aromatic carbocycles. The number of esters is 1. The van der Waals surface area contributed by atoms with E-state index >= 15 is 0 Å². The molecule has 0 saturated carbocycles. The lowest BCUT2D eigenvalue weighted by Crippen LogP contribution is -2.30. The molecule has 1 unspecified atom stereocenters. The number of fused-ring (bicyclic) bond motifs is 1. The summed E-state index contributed by atoms with van der Waals surface area (Å²) in [6, 6.07) is 8.50. The Morgan fingerprint density at radius 2 is 1.83 bits per heavy atom. The highest BCUT2D eigenvalue weighted by molar-refractivity contribution is 7.21. The first-order chi connectivity index (χ1) is 14.4. The van der Waals surface area contributed by atoms with Gasteiger partial charge in [0, 0.05) is 10.1 Å². The number of halogens is 2. The number of methoxy groups -OCH3 is 3. The summed E-state index contributed by atoms with van der Waals surface area (Å²) >= 11 is 7.43. The molecule has 0 saturated heterocycles. The largest absolute Gasteiger partial charge is 0.493 e. The van der Waals surface area contributed by atoms with E-state index in [0.29, 0.717) is 27.1 Å². The van der Waals surface area contributed by atoms with E-state index in [0.717, 1.165) is 11.3 Å². The fraction of sp³-hybridized carbons (Fsp3) is 0.238. The van der Waals surface area contributed by atoms with Gasteiger partial charge in [0.2, 0.25) is 0 Å². The Morgan fingerprint density at radius 3 is 2.50 bits per heavy atom. The van der Waals surface area contributed by atoms with Crippen molar-refractivity contribution in [1.82, 2.24) is 5.32 Å². The van der Waals surface area contributed by atoms with Gasteiger partial charge >= 0.3 is 5.97 Å². The monoisotopic (exact) mass is 451 g/mol. The maximum absolute atomic E-state index is 13.5. The van der Waals surface area contributed by atoms with Crippen molar-refractivity contribution in [2.75, 3.05) is 21.3 Å². The highest BCUT2D eigenvalue weighted by Crippen LogP contribution is 2.36. The minimum Gasteiger partial charge on any atom is -0.493 e. The van der Waals surface area contributed by atoms with Gasteiger partial charge in [0.1, 0.15) is 10.7 Å². The number of hydrogen-bond acceptors (Lipinski definition) is 6. The van der Waals surface area contributed by atoms with Crippen LogP contribution in [0.15, 0.2) is 36.4 Å². The van der Waals surface area contributed by atoms with Gasteiger partial charge in [-0.05, 0) is 35.9 Å². The van der Waals surface area contributed by atoms with E-state index in [1.54, 1.807) is 18.2 Å². The molecular formula is C21H19ClFNO5S. The number of thiophene rings is 1. The molecule has 0 aliphatic heterocycles. The lowest BCUT2D eigenvalue weighted by molar-refractivity contribution is -0.141. The molecule has 0 fully saturated rings. The minimum absolute atomic E-state index is 0.102. The maximum Gasteiger partial charge on any atom is 0.307 e. The molecule has 6 nitrogen and oxygen atoms in total. The molecule has 30 heavy (non-hydrogen) atoms. The lowest BCUT2D eigenvalue weighted by atomic mass is 10.0. The zero-order valence-corrected chi connectivity index (χ0v) is 18.0. The third-order valence-corrected chi connectivity index (χ3v) is 6.17. The van der Waals surface area contributed by atoms with Crippen molar-refractivity contribution in [1.29, 1.82) is 0 Å². The van der Waals surface area contributed by atoms with Gasteiger partial charge in [-0.1, -0.05) is 17.7 Å². The molecule has 9 heteroatoms. The smallest absolute Gasteiger partial charge is 0.307 e. The number of carbonyl (C=O) groups excluding carboxylic acids is 2. The quantitative estimate of drug-likeness (QED) is 0.525. The van der Waals surface area contributed by atoms with Crippen LogP contribution in [-0.4, -0.2) is 33.2 Å². The van der Waals surface area contributed by atoms with E-state index in [9.17, 15) is 14.0 Å². The number of hydrogen-bond donors (Lipinski definition) is 1. The van der Waals surface area contributed by atoms with Gasteiger partial charge in [-0.25, -0.2) is 4.39 Å². The van der Waals surface area contributed by atoms with Crippen molar-refractivity contribution in [2.45, 2.75) is 12.5 Å². The predicted molar refractivity (Wildman–Crippen MR) is 113 cm³/mol. The Labute approximate surface area is 181 Å². The van der Waals surface area contributed by atoms with Gasteiger partial charge in [0.15, 0.2) is 11.5 Å². The van der Waals surface area contributed by atoms with Crippen LogP contribution < -0.4 is 14.8 Å². The number of rotatable bonds is 7. The molecule has 0 aliphatic rings. The zero-order chi connectivity index (χ0) is 21.8. The van der Waals surface area contributed by atoms with Gasteiger partial charge in [-0.2, -0.15) is 0 Å². The summed E-state index contributed by atoms with van der Waals surface area (Å²) in [7, 11) is 4.27. The molecule has 3 aromatic rings. The summed E-state index contributed by atoms with van der Waals surface area (Å²) in [5, 5.41) is 3.64. The maximum atomic E-state index is 13.5. The van der Waals surface area contributed by atoms with Crippen LogP contribution in [0.5, 0.6) is 11.5 Å². The van der Waals surface area contributed by atoms with Crippen molar-refractivity contribution >= 4 is 44.9 Å². The first-order valence-corrected chi connectivity index (χ1v) is 10.0. The number of benzene rings is 2. The Kier molecular flexibility index (Phi) is 6.79. The van der Waals surface area contributed by atoms with Gasteiger partial charge in [-0.3, -0.25) is 9.59 Å². The molecule has 0 aliphatic carbocycles. The second-order valence-electron chi connectivity index (χ2n) is 6.31. The highest BCUT2D eigenvalue weighted by atomic mass is 35.5. The van der Waals surface area contributed by atoms with Crippen molar-refractivity contribution in [2.24, 2.45) is 0 Å². The molecule has 1 amide bonds. The summed E-state index contributed by atoms with van der Waals surface area (Å²) in [4.78, 5) is 25.1. The molecule has 1 aromatic heterocycles. The van der Waals surface area contributed by atoms with Crippen LogP contribution in [0.4, 0.5) is 4.39 Å². The van der Waals surface area contributed by atoms with Crippen LogP contribution in [0.25, 0.3) is 10.1 Å². The minimum atomic E-state index is -0.706. The lowest BCUT2D eigenvalue weighted by Gasteiger charge is -2.19. The number of carbonyl (C=O) groups is 2. The fourth-order valence-corrected chi connectivity index (χ4v) is 4.43. The first kappa shape index (κ1) is 21.9. The Morgan fingerprint density at radius 1 is 1.10 bits per heavy atom. The van der Waals surface area contributed by atoms with Crippen molar-refractivity contribution < 1.29 is 28.2 Å². The van der Waals surface area contributed by atoms with Crippen molar-refractivity contribution in [3.8, 4) is 11.5 Å². The van der Waals surface area contributed by atoms with Crippen LogP contribution in [0.1, 0.15) is 27.7 Å². The van der Waals surface area contributed by atoms with Gasteiger partial charge in [-0.15, -0.1) is 11.3 Å². The van der Waals surface area contributed by atoms with Crippen LogP contribution >= 0.6 is 22.9 Å². The molecular weight excluding hydrogens is 433 g/mol. The summed E-state index contributed by atoms with van der Waals surface area (Å²) in [5.74, 6) is -0.431. The highest BCUT2D eigenvalue weighted by Gasteiger charge is 2.24. The molecule has 1 heterocycles. The van der Waals surface area contributed by atoms with Gasteiger partial charge in [0.25, 0.3) is 5.91 Å². The number of amides is 1. The van der Waals surface area contributed by atoms with Crippen LogP contribution in [0.3, 0.4) is 0 Å². The summed E-state index contributed by atoms with van der Waals surface area (Å²) in [6.07, 6.45) is -0.102. The van der Waals surface area contributed by atoms with E-state index in [4.69, 9.17) is 25.8 Å². The standard InChI is InChI=1S/C21H19ClFNO5S/c1-27-15-7-4-11(8-16(15)28-2)14(10-18(25)29-3)24-21(26)20-19(22)13-6-5-12(23)9-17(13)30-20/h4-9,14H,10H2,1-3H3,(H,24,26). The van der Waals surface area contributed by atoms with E-state index in [2.05, 4.69) is 5.32 Å². The molecule has 158 valence electrons. The van der Waals surface area contributed by atoms with Crippen LogP contribution in [0.2, 0.25) is 5.02 Å².